The van der Waals surface area contributed by atoms with E-state index in [4.69, 9.17) is 0 Å². The largest absolute Gasteiger partial charge is 0.342 e. The van der Waals surface area contributed by atoms with Gasteiger partial charge in [0.05, 0.1) is 11.5 Å². The van der Waals surface area contributed by atoms with Gasteiger partial charge in [-0.15, -0.1) is 0 Å². The molecule has 1 aliphatic rings. The second-order valence-electron chi connectivity index (χ2n) is 7.90. The standard InChI is InChI=1S/C24H29IN2O2/c1-3-9-21(23(29)27-16-7-8-17-27)24(2,19-12-14-20(25)15-13-19)26-22(28)18-10-5-4-6-11-18/h4-6,10-15,21H,3,7-9,16-17H2,1-2H3,(H,26,28)/t21-,24-/m1/s1. The number of rotatable bonds is 7. The highest BCUT2D eigenvalue weighted by atomic mass is 127. The van der Waals surface area contributed by atoms with Crippen molar-refractivity contribution < 1.29 is 9.59 Å². The first-order valence-corrected chi connectivity index (χ1v) is 11.5. The van der Waals surface area contributed by atoms with E-state index in [1.54, 1.807) is 12.1 Å². The van der Waals surface area contributed by atoms with Gasteiger partial charge in [0.1, 0.15) is 0 Å². The molecule has 29 heavy (non-hydrogen) atoms. The van der Waals surface area contributed by atoms with Crippen LogP contribution in [0.4, 0.5) is 0 Å². The third-order valence-corrected chi connectivity index (χ3v) is 6.56. The van der Waals surface area contributed by atoms with Crippen LogP contribution in [0.3, 0.4) is 0 Å². The number of amides is 2. The summed E-state index contributed by atoms with van der Waals surface area (Å²) in [6.45, 7) is 5.73. The molecule has 1 aliphatic heterocycles. The van der Waals surface area contributed by atoms with Gasteiger partial charge in [0, 0.05) is 22.2 Å². The molecule has 1 N–H and O–H groups in total. The van der Waals surface area contributed by atoms with E-state index in [0.29, 0.717) is 5.56 Å². The molecule has 3 rings (SSSR count). The summed E-state index contributed by atoms with van der Waals surface area (Å²) in [5.74, 6) is -0.306. The lowest BCUT2D eigenvalue weighted by Crippen LogP contribution is -2.54. The normalized spacial score (nSPS) is 16.9. The van der Waals surface area contributed by atoms with Crippen molar-refractivity contribution >= 4 is 34.4 Å². The van der Waals surface area contributed by atoms with E-state index in [1.165, 1.54) is 0 Å². The molecule has 2 atom stereocenters. The summed E-state index contributed by atoms with van der Waals surface area (Å²) in [6, 6.07) is 17.4. The summed E-state index contributed by atoms with van der Waals surface area (Å²) in [6.07, 6.45) is 3.72. The van der Waals surface area contributed by atoms with E-state index in [-0.39, 0.29) is 17.7 Å². The highest BCUT2D eigenvalue weighted by Crippen LogP contribution is 2.35. The third kappa shape index (κ3) is 5.00. The molecule has 1 fully saturated rings. The number of nitrogens with zero attached hydrogens (tertiary/aromatic N) is 1. The van der Waals surface area contributed by atoms with Crippen LogP contribution in [0.25, 0.3) is 0 Å². The Bertz CT molecular complexity index is 832. The summed E-state index contributed by atoms with van der Waals surface area (Å²) >= 11 is 2.28. The Morgan fingerprint density at radius 1 is 1.07 bits per heavy atom. The minimum absolute atomic E-state index is 0.151. The number of hydrogen-bond acceptors (Lipinski definition) is 2. The first-order valence-electron chi connectivity index (χ1n) is 10.4. The van der Waals surface area contributed by atoms with Crippen molar-refractivity contribution in [3.8, 4) is 0 Å². The molecule has 2 aromatic rings. The molecule has 1 saturated heterocycles. The van der Waals surface area contributed by atoms with Crippen molar-refractivity contribution in [2.75, 3.05) is 13.1 Å². The highest BCUT2D eigenvalue weighted by molar-refractivity contribution is 14.1. The zero-order valence-electron chi connectivity index (χ0n) is 17.2. The first-order chi connectivity index (χ1) is 14.0. The van der Waals surface area contributed by atoms with E-state index < -0.39 is 5.54 Å². The molecule has 5 heteroatoms. The predicted molar refractivity (Wildman–Crippen MR) is 125 cm³/mol. The maximum absolute atomic E-state index is 13.5. The van der Waals surface area contributed by atoms with Gasteiger partial charge in [0.15, 0.2) is 0 Å². The summed E-state index contributed by atoms with van der Waals surface area (Å²) in [5, 5.41) is 3.25. The number of benzene rings is 2. The van der Waals surface area contributed by atoms with Gasteiger partial charge >= 0.3 is 0 Å². The molecule has 4 nitrogen and oxygen atoms in total. The number of halogens is 1. The molecule has 2 aromatic carbocycles. The fourth-order valence-corrected chi connectivity index (χ4v) is 4.52. The summed E-state index contributed by atoms with van der Waals surface area (Å²) in [5.41, 5.74) is 0.786. The number of nitrogens with one attached hydrogen (secondary N) is 1. The summed E-state index contributed by atoms with van der Waals surface area (Å²) < 4.78 is 1.13. The van der Waals surface area contributed by atoms with Crippen molar-refractivity contribution in [3.05, 3.63) is 69.3 Å². The van der Waals surface area contributed by atoms with Crippen molar-refractivity contribution in [3.63, 3.8) is 0 Å². The predicted octanol–water partition coefficient (Wildman–Crippen LogP) is 4.98. The fourth-order valence-electron chi connectivity index (χ4n) is 4.16. The van der Waals surface area contributed by atoms with Crippen LogP contribution in [0.5, 0.6) is 0 Å². The Hall–Kier alpha value is -1.89. The molecule has 154 valence electrons. The van der Waals surface area contributed by atoms with Crippen molar-refractivity contribution in [2.24, 2.45) is 5.92 Å². The van der Waals surface area contributed by atoms with E-state index in [9.17, 15) is 9.59 Å². The molecule has 1 heterocycles. The molecule has 0 spiro atoms. The zero-order chi connectivity index (χ0) is 20.9. The minimum atomic E-state index is -0.785. The lowest BCUT2D eigenvalue weighted by molar-refractivity contribution is -0.137. The molecule has 0 unspecified atom stereocenters. The fraction of sp³-hybridized carbons (Fsp3) is 0.417. The first kappa shape index (κ1) is 21.8. The van der Waals surface area contributed by atoms with Crippen LogP contribution in [0.15, 0.2) is 54.6 Å². The SMILES string of the molecule is CCC[C@H](C(=O)N1CCCC1)[C@](C)(NC(=O)c1ccccc1)c1ccc(I)cc1. The average molecular weight is 504 g/mol. The lowest BCUT2D eigenvalue weighted by Gasteiger charge is -2.40. The van der Waals surface area contributed by atoms with Crippen molar-refractivity contribution in [1.29, 1.82) is 0 Å². The number of likely N-dealkylation sites (tertiary alicyclic amines) is 1. The van der Waals surface area contributed by atoms with Crippen LogP contribution in [-0.4, -0.2) is 29.8 Å². The van der Waals surface area contributed by atoms with Crippen LogP contribution < -0.4 is 5.32 Å². The highest BCUT2D eigenvalue weighted by Gasteiger charge is 2.43. The average Bonchev–Trinajstić information content (AvgIpc) is 3.27. The van der Waals surface area contributed by atoms with E-state index >= 15 is 0 Å². The number of hydrogen-bond donors (Lipinski definition) is 1. The van der Waals surface area contributed by atoms with E-state index in [0.717, 1.165) is 47.9 Å². The number of carbonyl (C=O) groups is 2. The van der Waals surface area contributed by atoms with Gasteiger partial charge in [-0.3, -0.25) is 9.59 Å². The lowest BCUT2D eigenvalue weighted by atomic mass is 9.76. The molecule has 0 radical (unpaired) electrons. The topological polar surface area (TPSA) is 49.4 Å². The summed E-state index contributed by atoms with van der Waals surface area (Å²) in [7, 11) is 0. The summed E-state index contributed by atoms with van der Waals surface area (Å²) in [4.78, 5) is 28.6. The van der Waals surface area contributed by atoms with Gasteiger partial charge in [-0.2, -0.15) is 0 Å². The van der Waals surface area contributed by atoms with Gasteiger partial charge in [-0.25, -0.2) is 0 Å². The third-order valence-electron chi connectivity index (χ3n) is 5.84. The Morgan fingerprint density at radius 2 is 1.69 bits per heavy atom. The zero-order valence-corrected chi connectivity index (χ0v) is 19.3. The molecular weight excluding hydrogens is 475 g/mol. The quantitative estimate of drug-likeness (QED) is 0.542. The molecule has 0 bridgehead atoms. The molecule has 0 saturated carbocycles. The molecule has 0 aromatic heterocycles. The maximum atomic E-state index is 13.5. The molecular formula is C24H29IN2O2. The Labute approximate surface area is 187 Å². The monoisotopic (exact) mass is 504 g/mol. The van der Waals surface area contributed by atoms with Gasteiger partial charge in [-0.05, 0) is 78.6 Å². The molecule has 2 amide bonds. The second kappa shape index (κ2) is 9.74. The van der Waals surface area contributed by atoms with Crippen LogP contribution in [-0.2, 0) is 10.3 Å². The van der Waals surface area contributed by atoms with Crippen LogP contribution in [0.2, 0.25) is 0 Å². The minimum Gasteiger partial charge on any atom is -0.342 e. The smallest absolute Gasteiger partial charge is 0.251 e. The second-order valence-corrected chi connectivity index (χ2v) is 9.15. The van der Waals surface area contributed by atoms with Crippen LogP contribution in [0, 0.1) is 9.49 Å². The van der Waals surface area contributed by atoms with Gasteiger partial charge in [0.25, 0.3) is 5.91 Å². The van der Waals surface area contributed by atoms with Crippen molar-refractivity contribution in [1.82, 2.24) is 10.2 Å². The van der Waals surface area contributed by atoms with Crippen molar-refractivity contribution in [2.45, 2.75) is 45.1 Å². The number of carbonyl (C=O) groups excluding carboxylic acids is 2. The Morgan fingerprint density at radius 3 is 2.28 bits per heavy atom. The van der Waals surface area contributed by atoms with Gasteiger partial charge < -0.3 is 10.2 Å². The Kier molecular flexibility index (Phi) is 7.33. The maximum Gasteiger partial charge on any atom is 0.251 e. The van der Waals surface area contributed by atoms with Gasteiger partial charge in [0.2, 0.25) is 5.91 Å². The molecule has 0 aliphatic carbocycles. The van der Waals surface area contributed by atoms with Crippen LogP contribution >= 0.6 is 22.6 Å². The van der Waals surface area contributed by atoms with E-state index in [1.807, 2.05) is 54.3 Å². The van der Waals surface area contributed by atoms with Crippen LogP contribution in [0.1, 0.15) is 55.5 Å². The Balaban J connectivity index is 2.00. The van der Waals surface area contributed by atoms with E-state index in [2.05, 4.69) is 34.8 Å². The van der Waals surface area contributed by atoms with Gasteiger partial charge in [-0.1, -0.05) is 43.7 Å².